The number of thioether (sulfide) groups is 2. The van der Waals surface area contributed by atoms with Crippen LogP contribution in [0.3, 0.4) is 0 Å². The van der Waals surface area contributed by atoms with E-state index in [1.165, 1.54) is 17.1 Å². The predicted molar refractivity (Wildman–Crippen MR) is 135 cm³/mol. The SMILES string of the molecule is CCN1C(=O)/C(=C2/Sc3ccc(OC)cc3N2CC)SC1=Nc1ccc2ccccc2c1. The Morgan fingerprint density at radius 3 is 2.44 bits per heavy atom. The Bertz CT molecular complexity index is 1290. The quantitative estimate of drug-likeness (QED) is 0.431. The minimum Gasteiger partial charge on any atom is -0.497 e. The Kier molecular flexibility index (Phi) is 5.61. The third kappa shape index (κ3) is 3.55. The van der Waals surface area contributed by atoms with Gasteiger partial charge in [-0.05, 0) is 60.6 Å². The fraction of sp³-hybridized carbons (Fsp3) is 0.200. The number of rotatable bonds is 4. The van der Waals surface area contributed by atoms with Crippen LogP contribution in [-0.2, 0) is 4.79 Å². The standard InChI is InChI=1S/C25H23N3O2S2/c1-4-27-20-15-19(30-3)12-13-21(20)31-24(27)22-23(29)28(5-2)25(32-22)26-18-11-10-16-8-6-7-9-17(16)14-18/h6-15H,4-5H2,1-3H3/b24-22-,26-25?. The Morgan fingerprint density at radius 2 is 1.69 bits per heavy atom. The van der Waals surface area contributed by atoms with E-state index in [4.69, 9.17) is 9.73 Å². The van der Waals surface area contributed by atoms with Crippen LogP contribution in [0.25, 0.3) is 10.8 Å². The number of fused-ring (bicyclic) bond motifs is 2. The summed E-state index contributed by atoms with van der Waals surface area (Å²) in [7, 11) is 1.67. The van der Waals surface area contributed by atoms with Gasteiger partial charge in [-0.1, -0.05) is 42.1 Å². The number of hydrogen-bond donors (Lipinski definition) is 0. The molecular weight excluding hydrogens is 438 g/mol. The molecule has 5 nitrogen and oxygen atoms in total. The van der Waals surface area contributed by atoms with Gasteiger partial charge in [0, 0.05) is 24.1 Å². The summed E-state index contributed by atoms with van der Waals surface area (Å²) in [6.45, 7) is 5.43. The highest BCUT2D eigenvalue weighted by Crippen LogP contribution is 2.51. The summed E-state index contributed by atoms with van der Waals surface area (Å²) in [5.74, 6) is 0.825. The van der Waals surface area contributed by atoms with E-state index < -0.39 is 0 Å². The van der Waals surface area contributed by atoms with Crippen LogP contribution in [0, 0.1) is 0 Å². The molecule has 0 unspecified atom stereocenters. The maximum Gasteiger partial charge on any atom is 0.269 e. The summed E-state index contributed by atoms with van der Waals surface area (Å²) in [6, 6.07) is 20.4. The second-order valence-corrected chi connectivity index (χ2v) is 9.40. The van der Waals surface area contributed by atoms with Crippen molar-refractivity contribution in [3.63, 3.8) is 0 Å². The normalized spacial score (nSPS) is 19.3. The summed E-state index contributed by atoms with van der Waals surface area (Å²) < 4.78 is 5.41. The number of aliphatic imine (C=N–C) groups is 1. The average Bonchev–Trinajstić information content (AvgIpc) is 3.34. The molecule has 3 aromatic carbocycles. The first-order valence-electron chi connectivity index (χ1n) is 10.6. The van der Waals surface area contributed by atoms with E-state index in [1.54, 1.807) is 23.8 Å². The molecule has 162 valence electrons. The molecule has 0 spiro atoms. The molecule has 3 aromatic rings. The number of ether oxygens (including phenoxy) is 1. The van der Waals surface area contributed by atoms with Crippen LogP contribution >= 0.6 is 23.5 Å². The number of hydrogen-bond acceptors (Lipinski definition) is 6. The van der Waals surface area contributed by atoms with Gasteiger partial charge in [0.15, 0.2) is 5.17 Å². The van der Waals surface area contributed by atoms with Crippen LogP contribution in [0.4, 0.5) is 11.4 Å². The molecule has 0 saturated carbocycles. The molecule has 2 aliphatic heterocycles. The Hall–Kier alpha value is -2.90. The van der Waals surface area contributed by atoms with E-state index in [0.29, 0.717) is 6.54 Å². The van der Waals surface area contributed by atoms with Crippen molar-refractivity contribution >= 4 is 56.7 Å². The molecule has 2 heterocycles. The van der Waals surface area contributed by atoms with Gasteiger partial charge in [-0.2, -0.15) is 0 Å². The van der Waals surface area contributed by atoms with Gasteiger partial charge in [-0.3, -0.25) is 9.69 Å². The topological polar surface area (TPSA) is 45.1 Å². The molecule has 5 rings (SSSR count). The Labute approximate surface area is 196 Å². The lowest BCUT2D eigenvalue weighted by Crippen LogP contribution is -2.29. The maximum atomic E-state index is 13.4. The summed E-state index contributed by atoms with van der Waals surface area (Å²) in [5.41, 5.74) is 1.93. The molecule has 2 aliphatic rings. The smallest absolute Gasteiger partial charge is 0.269 e. The van der Waals surface area contributed by atoms with E-state index in [9.17, 15) is 4.79 Å². The number of likely N-dealkylation sites (N-methyl/N-ethyl adjacent to an activating group) is 1. The van der Waals surface area contributed by atoms with Crippen molar-refractivity contribution in [3.05, 3.63) is 70.6 Å². The lowest BCUT2D eigenvalue weighted by molar-refractivity contribution is -0.122. The Balaban J connectivity index is 1.54. The largest absolute Gasteiger partial charge is 0.497 e. The summed E-state index contributed by atoms with van der Waals surface area (Å²) in [5, 5.41) is 4.00. The van der Waals surface area contributed by atoms with Crippen LogP contribution < -0.4 is 9.64 Å². The van der Waals surface area contributed by atoms with Crippen molar-refractivity contribution in [1.82, 2.24) is 4.90 Å². The van der Waals surface area contributed by atoms with E-state index in [1.807, 2.05) is 37.3 Å². The third-order valence-electron chi connectivity index (χ3n) is 5.56. The van der Waals surface area contributed by atoms with Crippen molar-refractivity contribution in [1.29, 1.82) is 0 Å². The molecular formula is C25H23N3O2S2. The number of amides is 1. The lowest BCUT2D eigenvalue weighted by Gasteiger charge is -2.19. The van der Waals surface area contributed by atoms with Crippen molar-refractivity contribution in [2.75, 3.05) is 25.1 Å². The average molecular weight is 462 g/mol. The van der Waals surface area contributed by atoms with Gasteiger partial charge >= 0.3 is 0 Å². The van der Waals surface area contributed by atoms with Gasteiger partial charge in [-0.25, -0.2) is 4.99 Å². The molecule has 0 bridgehead atoms. The fourth-order valence-electron chi connectivity index (χ4n) is 3.93. The lowest BCUT2D eigenvalue weighted by atomic mass is 10.1. The highest BCUT2D eigenvalue weighted by molar-refractivity contribution is 8.19. The number of carbonyl (C=O) groups excluding carboxylic acids is 1. The molecule has 0 aromatic heterocycles. The Morgan fingerprint density at radius 1 is 0.906 bits per heavy atom. The van der Waals surface area contributed by atoms with Crippen molar-refractivity contribution in [2.45, 2.75) is 18.7 Å². The molecule has 1 saturated heterocycles. The number of anilines is 1. The zero-order valence-electron chi connectivity index (χ0n) is 18.2. The van der Waals surface area contributed by atoms with Crippen molar-refractivity contribution < 1.29 is 9.53 Å². The predicted octanol–water partition coefficient (Wildman–Crippen LogP) is 6.23. The summed E-state index contributed by atoms with van der Waals surface area (Å²) >= 11 is 3.10. The van der Waals surface area contributed by atoms with Crippen LogP contribution in [0.5, 0.6) is 5.75 Å². The number of methoxy groups -OCH3 is 1. The van der Waals surface area contributed by atoms with Gasteiger partial charge in [0.05, 0.1) is 18.5 Å². The van der Waals surface area contributed by atoms with Crippen LogP contribution in [0.15, 0.2) is 80.5 Å². The minimum absolute atomic E-state index is 0.0118. The number of amidine groups is 1. The highest BCUT2D eigenvalue weighted by atomic mass is 32.2. The molecule has 0 radical (unpaired) electrons. The highest BCUT2D eigenvalue weighted by Gasteiger charge is 2.39. The molecule has 7 heteroatoms. The summed E-state index contributed by atoms with van der Waals surface area (Å²) in [6.07, 6.45) is 0. The number of nitrogens with zero attached hydrogens (tertiary/aromatic N) is 3. The van der Waals surface area contributed by atoms with E-state index in [-0.39, 0.29) is 5.91 Å². The number of carbonyl (C=O) groups is 1. The first kappa shape index (κ1) is 21.0. The van der Waals surface area contributed by atoms with Gasteiger partial charge in [0.2, 0.25) is 0 Å². The second kappa shape index (κ2) is 8.56. The minimum atomic E-state index is 0.0118. The van der Waals surface area contributed by atoms with Gasteiger partial charge < -0.3 is 9.64 Å². The van der Waals surface area contributed by atoms with Gasteiger partial charge in [-0.15, -0.1) is 0 Å². The molecule has 32 heavy (non-hydrogen) atoms. The third-order valence-corrected chi connectivity index (χ3v) is 7.94. The fourth-order valence-corrected chi connectivity index (χ4v) is 6.36. The molecule has 0 N–H and O–H groups in total. The molecule has 0 aliphatic carbocycles. The zero-order chi connectivity index (χ0) is 22.2. The van der Waals surface area contributed by atoms with Gasteiger partial charge in [0.25, 0.3) is 5.91 Å². The van der Waals surface area contributed by atoms with Crippen LogP contribution in [-0.4, -0.2) is 36.2 Å². The van der Waals surface area contributed by atoms with Crippen LogP contribution in [0.2, 0.25) is 0 Å². The van der Waals surface area contributed by atoms with Crippen LogP contribution in [0.1, 0.15) is 13.8 Å². The monoisotopic (exact) mass is 461 g/mol. The van der Waals surface area contributed by atoms with Crippen molar-refractivity contribution in [2.24, 2.45) is 4.99 Å². The first-order chi connectivity index (χ1) is 15.6. The van der Waals surface area contributed by atoms with Gasteiger partial charge in [0.1, 0.15) is 15.7 Å². The number of benzene rings is 3. The second-order valence-electron chi connectivity index (χ2n) is 7.39. The van der Waals surface area contributed by atoms with E-state index in [2.05, 4.69) is 42.2 Å². The first-order valence-corrected chi connectivity index (χ1v) is 12.2. The van der Waals surface area contributed by atoms with E-state index >= 15 is 0 Å². The maximum absolute atomic E-state index is 13.4. The van der Waals surface area contributed by atoms with Crippen molar-refractivity contribution in [3.8, 4) is 5.75 Å². The molecule has 0 atom stereocenters. The summed E-state index contributed by atoms with van der Waals surface area (Å²) in [4.78, 5) is 24.1. The molecule has 1 fully saturated rings. The molecule has 1 amide bonds. The van der Waals surface area contributed by atoms with E-state index in [0.717, 1.165) is 49.1 Å². The zero-order valence-corrected chi connectivity index (χ0v) is 19.8.